The zero-order chi connectivity index (χ0) is 19.7. The van der Waals surface area contributed by atoms with Gasteiger partial charge in [0.15, 0.2) is 0 Å². The standard InChI is InChI=1S/C16H15Cl2N5O4/c1-9-14(23(26)27)13(20-19-9)16(25)22-4-2-21(3-5-22)15(24)10-6-11(17)8-12(18)7-10/h6-8H,2-5H2,1H3,(H,19,20). The molecular formula is C16H15Cl2N5O4. The number of rotatable bonds is 3. The summed E-state index contributed by atoms with van der Waals surface area (Å²) in [6.07, 6.45) is 0. The number of hydrogen-bond donors (Lipinski definition) is 1. The predicted molar refractivity (Wildman–Crippen MR) is 98.2 cm³/mol. The SMILES string of the molecule is Cc1[nH]nc(C(=O)N2CCN(C(=O)c3cc(Cl)cc(Cl)c3)CC2)c1[N+](=O)[O-]. The molecule has 0 spiro atoms. The van der Waals surface area contributed by atoms with Crippen LogP contribution in [0.15, 0.2) is 18.2 Å². The molecule has 2 heterocycles. The second kappa shape index (κ2) is 7.53. The van der Waals surface area contributed by atoms with Gasteiger partial charge in [-0.3, -0.25) is 24.8 Å². The molecule has 1 aromatic heterocycles. The van der Waals surface area contributed by atoms with E-state index < -0.39 is 10.8 Å². The Kier molecular flexibility index (Phi) is 5.33. The molecular weight excluding hydrogens is 397 g/mol. The van der Waals surface area contributed by atoms with Gasteiger partial charge < -0.3 is 9.80 Å². The van der Waals surface area contributed by atoms with Crippen molar-refractivity contribution in [2.75, 3.05) is 26.2 Å². The zero-order valence-electron chi connectivity index (χ0n) is 14.2. The predicted octanol–water partition coefficient (Wildman–Crippen LogP) is 2.53. The van der Waals surface area contributed by atoms with Gasteiger partial charge in [-0.25, -0.2) is 0 Å². The fraction of sp³-hybridized carbons (Fsp3) is 0.312. The van der Waals surface area contributed by atoms with Crippen molar-refractivity contribution in [3.05, 3.63) is 55.3 Å². The van der Waals surface area contributed by atoms with Gasteiger partial charge in [-0.05, 0) is 25.1 Å². The number of nitrogens with one attached hydrogen (secondary N) is 1. The minimum Gasteiger partial charge on any atom is -0.335 e. The van der Waals surface area contributed by atoms with Crippen LogP contribution in [-0.2, 0) is 0 Å². The molecule has 9 nitrogen and oxygen atoms in total. The summed E-state index contributed by atoms with van der Waals surface area (Å²) in [4.78, 5) is 38.7. The number of aromatic nitrogens is 2. The summed E-state index contributed by atoms with van der Waals surface area (Å²) in [7, 11) is 0. The molecule has 0 aliphatic carbocycles. The number of benzene rings is 1. The fourth-order valence-corrected chi connectivity index (χ4v) is 3.44. The van der Waals surface area contributed by atoms with E-state index >= 15 is 0 Å². The Morgan fingerprint density at radius 1 is 1.07 bits per heavy atom. The lowest BCUT2D eigenvalue weighted by Gasteiger charge is -2.34. The van der Waals surface area contributed by atoms with E-state index in [1.165, 1.54) is 30.0 Å². The fourth-order valence-electron chi connectivity index (χ4n) is 2.92. The highest BCUT2D eigenvalue weighted by atomic mass is 35.5. The van der Waals surface area contributed by atoms with Crippen LogP contribution in [0.25, 0.3) is 0 Å². The average Bonchev–Trinajstić information content (AvgIpc) is 3.01. The van der Waals surface area contributed by atoms with Crippen LogP contribution < -0.4 is 0 Å². The molecule has 1 aliphatic rings. The van der Waals surface area contributed by atoms with Gasteiger partial charge in [0.2, 0.25) is 5.69 Å². The van der Waals surface area contributed by atoms with Crippen LogP contribution in [0.1, 0.15) is 26.5 Å². The molecule has 3 rings (SSSR count). The van der Waals surface area contributed by atoms with E-state index in [0.717, 1.165) is 0 Å². The Hall–Kier alpha value is -2.65. The van der Waals surface area contributed by atoms with Gasteiger partial charge >= 0.3 is 5.69 Å². The molecule has 0 unspecified atom stereocenters. The smallest absolute Gasteiger partial charge is 0.322 e. The summed E-state index contributed by atoms with van der Waals surface area (Å²) in [6.45, 7) is 2.52. The largest absolute Gasteiger partial charge is 0.335 e. The molecule has 0 radical (unpaired) electrons. The quantitative estimate of drug-likeness (QED) is 0.615. The second-order valence-electron chi connectivity index (χ2n) is 6.05. The normalized spacial score (nSPS) is 14.3. The van der Waals surface area contributed by atoms with E-state index in [-0.39, 0.29) is 49.2 Å². The summed E-state index contributed by atoms with van der Waals surface area (Å²) in [5.41, 5.74) is 0.0341. The van der Waals surface area contributed by atoms with Crippen LogP contribution in [0.5, 0.6) is 0 Å². The van der Waals surface area contributed by atoms with Gasteiger partial charge in [-0.1, -0.05) is 23.2 Å². The number of aromatic amines is 1. The van der Waals surface area contributed by atoms with Gasteiger partial charge in [0.25, 0.3) is 11.8 Å². The molecule has 11 heteroatoms. The van der Waals surface area contributed by atoms with Gasteiger partial charge in [0, 0.05) is 41.8 Å². The molecule has 2 aromatic rings. The number of carbonyl (C=O) groups is 2. The van der Waals surface area contributed by atoms with Crippen LogP contribution in [0.3, 0.4) is 0 Å². The maximum atomic E-state index is 12.6. The topological polar surface area (TPSA) is 112 Å². The number of piperazine rings is 1. The number of nitrogens with zero attached hydrogens (tertiary/aromatic N) is 4. The van der Waals surface area contributed by atoms with Crippen LogP contribution in [0, 0.1) is 17.0 Å². The lowest BCUT2D eigenvalue weighted by atomic mass is 10.1. The molecule has 1 N–H and O–H groups in total. The number of nitro groups is 1. The third-order valence-corrected chi connectivity index (χ3v) is 4.70. The van der Waals surface area contributed by atoms with Crippen molar-refractivity contribution < 1.29 is 14.5 Å². The third-order valence-electron chi connectivity index (χ3n) is 4.26. The summed E-state index contributed by atoms with van der Waals surface area (Å²) >= 11 is 11.9. The Bertz CT molecular complexity index is 901. The monoisotopic (exact) mass is 411 g/mol. The van der Waals surface area contributed by atoms with Crippen LogP contribution in [0.4, 0.5) is 5.69 Å². The Morgan fingerprint density at radius 3 is 2.11 bits per heavy atom. The van der Waals surface area contributed by atoms with Crippen LogP contribution >= 0.6 is 23.2 Å². The highest BCUT2D eigenvalue weighted by Gasteiger charge is 2.33. The highest BCUT2D eigenvalue weighted by Crippen LogP contribution is 2.23. The molecule has 1 aromatic carbocycles. The Labute approximate surface area is 164 Å². The van der Waals surface area contributed by atoms with Crippen molar-refractivity contribution in [1.29, 1.82) is 0 Å². The van der Waals surface area contributed by atoms with E-state index in [9.17, 15) is 19.7 Å². The molecule has 0 bridgehead atoms. The number of carbonyl (C=O) groups excluding carboxylic acids is 2. The van der Waals surface area contributed by atoms with E-state index in [0.29, 0.717) is 15.6 Å². The molecule has 1 fully saturated rings. The maximum Gasteiger partial charge on any atom is 0.322 e. The maximum absolute atomic E-state index is 12.6. The van der Waals surface area contributed by atoms with E-state index in [4.69, 9.17) is 23.2 Å². The molecule has 2 amide bonds. The second-order valence-corrected chi connectivity index (χ2v) is 6.92. The van der Waals surface area contributed by atoms with Crippen molar-refractivity contribution in [3.8, 4) is 0 Å². The number of halogens is 2. The summed E-state index contributed by atoms with van der Waals surface area (Å²) in [5, 5.41) is 18.1. The zero-order valence-corrected chi connectivity index (χ0v) is 15.8. The molecule has 1 saturated heterocycles. The lowest BCUT2D eigenvalue weighted by molar-refractivity contribution is -0.385. The van der Waals surface area contributed by atoms with E-state index in [2.05, 4.69) is 10.2 Å². The first kappa shape index (κ1) is 19.1. The first-order valence-corrected chi connectivity index (χ1v) is 8.77. The van der Waals surface area contributed by atoms with Crippen molar-refractivity contribution in [2.24, 2.45) is 0 Å². The minimum absolute atomic E-state index is 0.218. The van der Waals surface area contributed by atoms with Gasteiger partial charge in [-0.15, -0.1) is 0 Å². The van der Waals surface area contributed by atoms with Crippen LogP contribution in [-0.4, -0.2) is 62.9 Å². The van der Waals surface area contributed by atoms with E-state index in [1.54, 1.807) is 4.90 Å². The number of aryl methyl sites for hydroxylation is 1. The molecule has 0 atom stereocenters. The van der Waals surface area contributed by atoms with Gasteiger partial charge in [-0.2, -0.15) is 5.10 Å². The average molecular weight is 412 g/mol. The first-order chi connectivity index (χ1) is 12.8. The van der Waals surface area contributed by atoms with E-state index in [1.807, 2.05) is 0 Å². The van der Waals surface area contributed by atoms with Crippen molar-refractivity contribution in [1.82, 2.24) is 20.0 Å². The Morgan fingerprint density at radius 2 is 1.59 bits per heavy atom. The lowest BCUT2D eigenvalue weighted by Crippen LogP contribution is -2.50. The minimum atomic E-state index is -0.630. The van der Waals surface area contributed by atoms with Gasteiger partial charge in [0.05, 0.1) is 4.92 Å². The summed E-state index contributed by atoms with van der Waals surface area (Å²) < 4.78 is 0. The van der Waals surface area contributed by atoms with Gasteiger partial charge in [0.1, 0.15) is 5.69 Å². The third kappa shape index (κ3) is 3.88. The van der Waals surface area contributed by atoms with Crippen molar-refractivity contribution >= 4 is 40.7 Å². The number of amides is 2. The molecule has 142 valence electrons. The molecule has 0 saturated carbocycles. The number of H-pyrrole nitrogens is 1. The van der Waals surface area contributed by atoms with Crippen molar-refractivity contribution in [2.45, 2.75) is 6.92 Å². The van der Waals surface area contributed by atoms with Crippen LogP contribution in [0.2, 0.25) is 10.0 Å². The molecule has 1 aliphatic heterocycles. The first-order valence-electron chi connectivity index (χ1n) is 8.02. The van der Waals surface area contributed by atoms with Crippen molar-refractivity contribution in [3.63, 3.8) is 0 Å². The summed E-state index contributed by atoms with van der Waals surface area (Å²) in [5.74, 6) is -0.781. The Balaban J connectivity index is 1.69. The molecule has 27 heavy (non-hydrogen) atoms. The summed E-state index contributed by atoms with van der Waals surface area (Å²) in [6, 6.07) is 4.60. The number of hydrogen-bond acceptors (Lipinski definition) is 5. The highest BCUT2D eigenvalue weighted by molar-refractivity contribution is 6.35.